The zero-order valence-electron chi connectivity index (χ0n) is 19.2. The summed E-state index contributed by atoms with van der Waals surface area (Å²) in [4.78, 5) is 23.3. The first-order valence-electron chi connectivity index (χ1n) is 11.3. The summed E-state index contributed by atoms with van der Waals surface area (Å²) in [6.07, 6.45) is 3.14. The van der Waals surface area contributed by atoms with Crippen LogP contribution < -0.4 is 10.1 Å². The highest BCUT2D eigenvalue weighted by molar-refractivity contribution is 7.89. The van der Waals surface area contributed by atoms with E-state index in [0.29, 0.717) is 5.92 Å². The zero-order valence-corrected chi connectivity index (χ0v) is 20.0. The average molecular weight is 482 g/mol. The Balaban J connectivity index is 1.44. The molecule has 3 fully saturated rings. The number of nitro benzene ring substituents is 1. The van der Waals surface area contributed by atoms with Crippen LogP contribution >= 0.6 is 0 Å². The first-order valence-corrected chi connectivity index (χ1v) is 12.7. The number of fused-ring (bicyclic) bond motifs is 2. The Morgan fingerprint density at radius 3 is 2.58 bits per heavy atom. The molecule has 1 aliphatic heterocycles. The van der Waals surface area contributed by atoms with Crippen molar-refractivity contribution in [1.82, 2.24) is 9.62 Å². The number of sulfonamides is 1. The molecule has 0 unspecified atom stereocenters. The van der Waals surface area contributed by atoms with E-state index in [-0.39, 0.29) is 66.3 Å². The number of hydrogen-bond acceptors (Lipinski definition) is 7. The summed E-state index contributed by atoms with van der Waals surface area (Å²) >= 11 is 0. The molecule has 3 atom stereocenters. The van der Waals surface area contributed by atoms with Crippen molar-refractivity contribution in [2.45, 2.75) is 51.0 Å². The fourth-order valence-corrected chi connectivity index (χ4v) is 7.09. The number of benzene rings is 1. The van der Waals surface area contributed by atoms with Crippen molar-refractivity contribution in [3.8, 4) is 5.75 Å². The van der Waals surface area contributed by atoms with Gasteiger partial charge in [-0.15, -0.1) is 0 Å². The number of ether oxygens (including phenoxy) is 2. The van der Waals surface area contributed by atoms with Crippen LogP contribution in [0.15, 0.2) is 23.1 Å². The Hall–Kier alpha value is -2.24. The number of carbonyl (C=O) groups excluding carboxylic acids is 1. The summed E-state index contributed by atoms with van der Waals surface area (Å²) in [5, 5.41) is 14.7. The van der Waals surface area contributed by atoms with E-state index in [9.17, 15) is 23.3 Å². The maximum Gasteiger partial charge on any atom is 0.312 e. The van der Waals surface area contributed by atoms with Crippen LogP contribution in [0.2, 0.25) is 0 Å². The standard InChI is InChI=1S/C22H31N3O7S/c1-21(2)15-6-7-22(21,3)19(12-15)23-20(26)14-32-18-5-4-16(13-17(18)25(27)28)33(29,30)24-8-10-31-11-9-24/h4-5,13,15,19H,6-12,14H2,1-3H3,(H,23,26)/t15-,19+,22-/m0/s1. The van der Waals surface area contributed by atoms with Crippen LogP contribution in [0.25, 0.3) is 0 Å². The van der Waals surface area contributed by atoms with Gasteiger partial charge < -0.3 is 14.8 Å². The van der Waals surface area contributed by atoms with E-state index in [1.807, 2.05) is 0 Å². The minimum atomic E-state index is -3.89. The molecule has 10 nitrogen and oxygen atoms in total. The summed E-state index contributed by atoms with van der Waals surface area (Å²) in [7, 11) is -3.89. The third kappa shape index (κ3) is 4.10. The van der Waals surface area contributed by atoms with Gasteiger partial charge in [0.15, 0.2) is 12.4 Å². The molecule has 2 bridgehead atoms. The van der Waals surface area contributed by atoms with Gasteiger partial charge in [-0.1, -0.05) is 20.8 Å². The van der Waals surface area contributed by atoms with E-state index in [1.165, 1.54) is 16.4 Å². The molecule has 3 aliphatic rings. The lowest BCUT2D eigenvalue weighted by molar-refractivity contribution is -0.386. The van der Waals surface area contributed by atoms with Crippen LogP contribution in [0.3, 0.4) is 0 Å². The van der Waals surface area contributed by atoms with E-state index in [1.54, 1.807) is 0 Å². The molecular weight excluding hydrogens is 450 g/mol. The SMILES string of the molecule is CC1(C)[C@H]2CC[C@@]1(C)[C@H](NC(=O)COc1ccc(S(=O)(=O)N3CCOCC3)cc1[N+](=O)[O-])C2. The fraction of sp³-hybridized carbons (Fsp3) is 0.682. The lowest BCUT2D eigenvalue weighted by atomic mass is 9.69. The lowest BCUT2D eigenvalue weighted by Crippen LogP contribution is -2.48. The summed E-state index contributed by atoms with van der Waals surface area (Å²) < 4.78 is 37.5. The maximum absolute atomic E-state index is 12.8. The van der Waals surface area contributed by atoms with Crippen LogP contribution in [0.4, 0.5) is 5.69 Å². The molecule has 11 heteroatoms. The Bertz CT molecular complexity index is 1050. The molecule has 0 aromatic heterocycles. The van der Waals surface area contributed by atoms with Crippen molar-refractivity contribution >= 4 is 21.6 Å². The highest BCUT2D eigenvalue weighted by Gasteiger charge is 2.61. The number of hydrogen-bond donors (Lipinski definition) is 1. The third-order valence-electron chi connectivity index (χ3n) is 8.22. The summed E-state index contributed by atoms with van der Waals surface area (Å²) in [5.41, 5.74) is -0.341. The number of nitrogens with one attached hydrogen (secondary N) is 1. The molecule has 4 rings (SSSR count). The van der Waals surface area contributed by atoms with E-state index in [0.717, 1.165) is 25.3 Å². The van der Waals surface area contributed by atoms with Crippen LogP contribution in [0, 0.1) is 26.9 Å². The van der Waals surface area contributed by atoms with Crippen LogP contribution in [0.1, 0.15) is 40.0 Å². The summed E-state index contributed by atoms with van der Waals surface area (Å²) in [5.74, 6) is 0.0789. The molecule has 1 amide bonds. The van der Waals surface area contributed by atoms with Gasteiger partial charge in [0.2, 0.25) is 10.0 Å². The molecule has 1 aromatic rings. The number of amides is 1. The molecule has 1 N–H and O–H groups in total. The van der Waals surface area contributed by atoms with Crippen molar-refractivity contribution in [1.29, 1.82) is 0 Å². The zero-order chi connectivity index (χ0) is 24.0. The lowest BCUT2D eigenvalue weighted by Gasteiger charge is -2.39. The van der Waals surface area contributed by atoms with Gasteiger partial charge in [-0.25, -0.2) is 8.42 Å². The largest absolute Gasteiger partial charge is 0.477 e. The summed E-state index contributed by atoms with van der Waals surface area (Å²) in [6.45, 7) is 7.26. The van der Waals surface area contributed by atoms with Gasteiger partial charge in [0.1, 0.15) is 0 Å². The Kier molecular flexibility index (Phi) is 6.17. The first-order chi connectivity index (χ1) is 15.5. The van der Waals surface area contributed by atoms with Gasteiger partial charge >= 0.3 is 5.69 Å². The molecule has 2 saturated carbocycles. The molecular formula is C22H31N3O7S. The number of carbonyl (C=O) groups is 1. The van der Waals surface area contributed by atoms with E-state index >= 15 is 0 Å². The van der Waals surface area contributed by atoms with Crippen molar-refractivity contribution in [2.75, 3.05) is 32.9 Å². The number of rotatable bonds is 7. The predicted molar refractivity (Wildman–Crippen MR) is 119 cm³/mol. The third-order valence-corrected chi connectivity index (χ3v) is 10.1. The van der Waals surface area contributed by atoms with Gasteiger partial charge in [-0.3, -0.25) is 14.9 Å². The highest BCUT2D eigenvalue weighted by Crippen LogP contribution is 2.65. The molecule has 33 heavy (non-hydrogen) atoms. The smallest absolute Gasteiger partial charge is 0.312 e. The molecule has 0 spiro atoms. The second-order valence-electron chi connectivity index (χ2n) is 9.92. The van der Waals surface area contributed by atoms with Gasteiger partial charge in [-0.2, -0.15) is 4.31 Å². The van der Waals surface area contributed by atoms with Crippen LogP contribution in [-0.2, 0) is 19.6 Å². The minimum Gasteiger partial charge on any atom is -0.477 e. The Labute approximate surface area is 193 Å². The normalized spacial score (nSPS) is 29.1. The second kappa shape index (κ2) is 8.52. The van der Waals surface area contributed by atoms with E-state index in [2.05, 4.69) is 26.1 Å². The quantitative estimate of drug-likeness (QED) is 0.467. The van der Waals surface area contributed by atoms with Gasteiger partial charge in [0.05, 0.1) is 23.0 Å². The first kappa shape index (κ1) is 23.9. The number of nitrogens with zero attached hydrogens (tertiary/aromatic N) is 2. The van der Waals surface area contributed by atoms with Crippen molar-refractivity contribution in [2.24, 2.45) is 16.7 Å². The Morgan fingerprint density at radius 1 is 1.30 bits per heavy atom. The van der Waals surface area contributed by atoms with Crippen molar-refractivity contribution in [3.63, 3.8) is 0 Å². The molecule has 2 aliphatic carbocycles. The molecule has 1 aromatic carbocycles. The molecule has 0 radical (unpaired) electrons. The number of morpholine rings is 1. The molecule has 182 valence electrons. The molecule has 1 heterocycles. The van der Waals surface area contributed by atoms with Gasteiger partial charge in [0.25, 0.3) is 5.91 Å². The minimum absolute atomic E-state index is 0.00875. The van der Waals surface area contributed by atoms with Crippen molar-refractivity contribution in [3.05, 3.63) is 28.3 Å². The number of nitro groups is 1. The maximum atomic E-state index is 12.8. The predicted octanol–water partition coefficient (Wildman–Crippen LogP) is 2.33. The van der Waals surface area contributed by atoms with Crippen molar-refractivity contribution < 1.29 is 27.6 Å². The van der Waals surface area contributed by atoms with E-state index < -0.39 is 20.6 Å². The van der Waals surface area contributed by atoms with Crippen LogP contribution in [-0.4, -0.2) is 62.5 Å². The average Bonchev–Trinajstić information content (AvgIpc) is 3.11. The van der Waals surface area contributed by atoms with Gasteiger partial charge in [-0.05, 0) is 48.1 Å². The Morgan fingerprint density at radius 2 is 2.00 bits per heavy atom. The topological polar surface area (TPSA) is 128 Å². The van der Waals surface area contributed by atoms with E-state index in [4.69, 9.17) is 9.47 Å². The fourth-order valence-electron chi connectivity index (χ4n) is 5.66. The highest BCUT2D eigenvalue weighted by atomic mass is 32.2. The second-order valence-corrected chi connectivity index (χ2v) is 11.9. The monoisotopic (exact) mass is 481 g/mol. The van der Waals surface area contributed by atoms with Gasteiger partial charge in [0, 0.05) is 25.2 Å². The van der Waals surface area contributed by atoms with Crippen LogP contribution in [0.5, 0.6) is 5.75 Å². The molecule has 1 saturated heterocycles. The summed E-state index contributed by atoms with van der Waals surface area (Å²) in [6, 6.07) is 3.53.